The lowest BCUT2D eigenvalue weighted by atomic mass is 10.2. The first-order valence-corrected chi connectivity index (χ1v) is 8.31. The quantitative estimate of drug-likeness (QED) is 0.836. The summed E-state index contributed by atoms with van der Waals surface area (Å²) in [5.41, 5.74) is 0.329. The largest absolute Gasteiger partial charge is 0.474 e. The molecule has 1 aromatic rings. The molecule has 24 heavy (non-hydrogen) atoms. The van der Waals surface area contributed by atoms with Crippen LogP contribution in [0.1, 0.15) is 30.6 Å². The van der Waals surface area contributed by atoms with E-state index in [2.05, 4.69) is 10.3 Å². The highest BCUT2D eigenvalue weighted by atomic mass is 35.5. The van der Waals surface area contributed by atoms with Gasteiger partial charge in [0.1, 0.15) is 5.02 Å². The van der Waals surface area contributed by atoms with Crippen molar-refractivity contribution in [2.75, 3.05) is 32.8 Å². The lowest BCUT2D eigenvalue weighted by Gasteiger charge is -2.26. The normalized spacial score (nSPS) is 14.6. The number of carbonyl (C=O) groups is 2. The van der Waals surface area contributed by atoms with Gasteiger partial charge in [0, 0.05) is 32.3 Å². The zero-order chi connectivity index (χ0) is 17.5. The van der Waals surface area contributed by atoms with E-state index in [1.165, 1.54) is 12.3 Å². The fourth-order valence-electron chi connectivity index (χ4n) is 2.22. The number of hydrogen-bond donors (Lipinski definition) is 1. The van der Waals surface area contributed by atoms with E-state index in [-0.39, 0.29) is 35.9 Å². The van der Waals surface area contributed by atoms with Gasteiger partial charge in [-0.15, -0.1) is 0 Å². The van der Waals surface area contributed by atoms with E-state index in [1.54, 1.807) is 4.90 Å². The SMILES string of the molecule is CC(C)Oc1ncc(C(=O)NCCC(=O)N2CCOCC2)cc1Cl. The number of amides is 2. The minimum atomic E-state index is -0.324. The molecule has 8 heteroatoms. The third kappa shape index (κ3) is 5.35. The summed E-state index contributed by atoms with van der Waals surface area (Å²) >= 11 is 6.06. The molecule has 2 rings (SSSR count). The Morgan fingerprint density at radius 3 is 2.75 bits per heavy atom. The van der Waals surface area contributed by atoms with Crippen molar-refractivity contribution in [3.63, 3.8) is 0 Å². The molecule has 0 spiro atoms. The number of carbonyl (C=O) groups excluding carboxylic acids is 2. The number of hydrogen-bond acceptors (Lipinski definition) is 5. The molecule has 1 aliphatic heterocycles. The lowest BCUT2D eigenvalue weighted by molar-refractivity contribution is -0.135. The molecule has 0 saturated carbocycles. The van der Waals surface area contributed by atoms with Crippen LogP contribution in [-0.2, 0) is 9.53 Å². The van der Waals surface area contributed by atoms with Crippen LogP contribution in [-0.4, -0.2) is 60.7 Å². The second-order valence-corrected chi connectivity index (χ2v) is 6.08. The number of aromatic nitrogens is 1. The van der Waals surface area contributed by atoms with Crippen molar-refractivity contribution in [3.8, 4) is 5.88 Å². The number of morpholine rings is 1. The number of nitrogens with one attached hydrogen (secondary N) is 1. The number of rotatable bonds is 6. The Balaban J connectivity index is 1.81. The molecular weight excluding hydrogens is 334 g/mol. The van der Waals surface area contributed by atoms with E-state index in [0.717, 1.165) is 0 Å². The van der Waals surface area contributed by atoms with Crippen LogP contribution in [0.4, 0.5) is 0 Å². The first-order valence-electron chi connectivity index (χ1n) is 7.93. The van der Waals surface area contributed by atoms with Gasteiger partial charge in [0.05, 0.1) is 24.9 Å². The Bertz CT molecular complexity index is 589. The maximum Gasteiger partial charge on any atom is 0.252 e. The summed E-state index contributed by atoms with van der Waals surface area (Å²) in [6.45, 7) is 6.32. The molecule has 0 bridgehead atoms. The molecule has 2 heterocycles. The highest BCUT2D eigenvalue weighted by molar-refractivity contribution is 6.32. The topological polar surface area (TPSA) is 80.8 Å². The number of ether oxygens (including phenoxy) is 2. The average Bonchev–Trinajstić information content (AvgIpc) is 2.57. The Hall–Kier alpha value is -1.86. The zero-order valence-electron chi connectivity index (χ0n) is 13.9. The summed E-state index contributed by atoms with van der Waals surface area (Å²) in [7, 11) is 0. The van der Waals surface area contributed by atoms with Crippen molar-refractivity contribution >= 4 is 23.4 Å². The molecule has 1 saturated heterocycles. The first-order chi connectivity index (χ1) is 11.5. The molecular formula is C16H22ClN3O4. The second-order valence-electron chi connectivity index (χ2n) is 5.68. The fourth-order valence-corrected chi connectivity index (χ4v) is 2.43. The third-order valence-electron chi connectivity index (χ3n) is 3.41. The molecule has 0 unspecified atom stereocenters. The van der Waals surface area contributed by atoms with Crippen molar-refractivity contribution in [1.82, 2.24) is 15.2 Å². The van der Waals surface area contributed by atoms with Crippen LogP contribution in [0.25, 0.3) is 0 Å². The molecule has 1 N–H and O–H groups in total. The summed E-state index contributed by atoms with van der Waals surface area (Å²) in [5.74, 6) is -0.0172. The third-order valence-corrected chi connectivity index (χ3v) is 3.68. The van der Waals surface area contributed by atoms with Crippen LogP contribution in [0.3, 0.4) is 0 Å². The Labute approximate surface area is 146 Å². The zero-order valence-corrected chi connectivity index (χ0v) is 14.6. The van der Waals surface area contributed by atoms with Crippen molar-refractivity contribution in [1.29, 1.82) is 0 Å². The van der Waals surface area contributed by atoms with Gasteiger partial charge in [0.25, 0.3) is 5.91 Å². The van der Waals surface area contributed by atoms with Crippen LogP contribution >= 0.6 is 11.6 Å². The van der Waals surface area contributed by atoms with Gasteiger partial charge in [-0.05, 0) is 19.9 Å². The Kier molecular flexibility index (Phi) is 6.81. The number of halogens is 1. The van der Waals surface area contributed by atoms with Crippen LogP contribution in [0.2, 0.25) is 5.02 Å². The van der Waals surface area contributed by atoms with Crippen LogP contribution in [0.5, 0.6) is 5.88 Å². The highest BCUT2D eigenvalue weighted by Crippen LogP contribution is 2.23. The minimum Gasteiger partial charge on any atom is -0.474 e. The van der Waals surface area contributed by atoms with E-state index in [9.17, 15) is 9.59 Å². The molecule has 0 radical (unpaired) electrons. The summed E-state index contributed by atoms with van der Waals surface area (Å²) in [6, 6.07) is 1.51. The first kappa shape index (κ1) is 18.5. The van der Waals surface area contributed by atoms with Crippen molar-refractivity contribution in [2.24, 2.45) is 0 Å². The molecule has 0 aliphatic carbocycles. The molecule has 2 amide bonds. The Morgan fingerprint density at radius 1 is 1.42 bits per heavy atom. The molecule has 1 fully saturated rings. The highest BCUT2D eigenvalue weighted by Gasteiger charge is 2.17. The molecule has 1 aliphatic rings. The van der Waals surface area contributed by atoms with Crippen LogP contribution in [0, 0.1) is 0 Å². The summed E-state index contributed by atoms with van der Waals surface area (Å²) in [6.07, 6.45) is 1.60. The van der Waals surface area contributed by atoms with E-state index >= 15 is 0 Å². The van der Waals surface area contributed by atoms with Gasteiger partial charge >= 0.3 is 0 Å². The van der Waals surface area contributed by atoms with Gasteiger partial charge < -0.3 is 19.7 Å². The van der Waals surface area contributed by atoms with Gasteiger partial charge in [-0.3, -0.25) is 9.59 Å². The molecule has 0 aromatic carbocycles. The van der Waals surface area contributed by atoms with Crippen molar-refractivity contribution in [3.05, 3.63) is 22.8 Å². The number of nitrogens with zero attached hydrogens (tertiary/aromatic N) is 2. The van der Waals surface area contributed by atoms with Crippen LogP contribution < -0.4 is 10.1 Å². The average molecular weight is 356 g/mol. The Morgan fingerprint density at radius 2 is 2.12 bits per heavy atom. The maximum atomic E-state index is 12.1. The smallest absolute Gasteiger partial charge is 0.252 e. The standard InChI is InChI=1S/C16H22ClN3O4/c1-11(2)24-16-13(17)9-12(10-19-16)15(22)18-4-3-14(21)20-5-7-23-8-6-20/h9-11H,3-8H2,1-2H3,(H,18,22). The van der Waals surface area contributed by atoms with Crippen molar-refractivity contribution < 1.29 is 19.1 Å². The van der Waals surface area contributed by atoms with Gasteiger partial charge in [-0.2, -0.15) is 0 Å². The van der Waals surface area contributed by atoms with Crippen molar-refractivity contribution in [2.45, 2.75) is 26.4 Å². The van der Waals surface area contributed by atoms with E-state index in [1.807, 2.05) is 13.8 Å². The maximum absolute atomic E-state index is 12.1. The monoisotopic (exact) mass is 355 g/mol. The predicted octanol–water partition coefficient (Wildman–Crippen LogP) is 1.50. The van der Waals surface area contributed by atoms with Gasteiger partial charge in [-0.1, -0.05) is 11.6 Å². The summed E-state index contributed by atoms with van der Waals surface area (Å²) < 4.78 is 10.6. The van der Waals surface area contributed by atoms with Crippen LogP contribution in [0.15, 0.2) is 12.3 Å². The molecule has 0 atom stereocenters. The lowest BCUT2D eigenvalue weighted by Crippen LogP contribution is -2.42. The number of pyridine rings is 1. The fraction of sp³-hybridized carbons (Fsp3) is 0.562. The van der Waals surface area contributed by atoms with Gasteiger partial charge in [0.15, 0.2) is 0 Å². The van der Waals surface area contributed by atoms with Gasteiger partial charge in [0.2, 0.25) is 11.8 Å². The summed E-state index contributed by atoms with van der Waals surface area (Å²) in [4.78, 5) is 29.9. The van der Waals surface area contributed by atoms with Gasteiger partial charge in [-0.25, -0.2) is 4.98 Å². The molecule has 132 valence electrons. The minimum absolute atomic E-state index is 0.00967. The predicted molar refractivity (Wildman–Crippen MR) is 89.4 cm³/mol. The van der Waals surface area contributed by atoms with E-state index in [4.69, 9.17) is 21.1 Å². The molecule has 7 nitrogen and oxygen atoms in total. The van der Waals surface area contributed by atoms with E-state index < -0.39 is 0 Å². The molecule has 1 aromatic heterocycles. The second kappa shape index (κ2) is 8.84. The summed E-state index contributed by atoms with van der Waals surface area (Å²) in [5, 5.41) is 2.98. The van der Waals surface area contributed by atoms with E-state index in [0.29, 0.717) is 37.7 Å².